The summed E-state index contributed by atoms with van der Waals surface area (Å²) in [6, 6.07) is 9.89. The van der Waals surface area contributed by atoms with E-state index in [1.165, 1.54) is 29.2 Å². The molecule has 0 bridgehead atoms. The first-order chi connectivity index (χ1) is 11.2. The number of nitrogens with one attached hydrogen (secondary N) is 1. The number of nitrogens with zero attached hydrogens (tertiary/aromatic N) is 1. The first kappa shape index (κ1) is 17.9. The first-order valence-corrected chi connectivity index (χ1v) is 8.87. The number of benzene rings is 2. The number of halogens is 1. The number of hydrogen-bond donors (Lipinski definition) is 1. The molecule has 0 spiro atoms. The van der Waals surface area contributed by atoms with Crippen LogP contribution >= 0.6 is 0 Å². The molecule has 0 saturated heterocycles. The van der Waals surface area contributed by atoms with E-state index in [2.05, 4.69) is 4.72 Å². The summed E-state index contributed by atoms with van der Waals surface area (Å²) in [6.07, 6.45) is 0. The van der Waals surface area contributed by atoms with Crippen LogP contribution in [0.25, 0.3) is 0 Å². The number of sulfonamides is 1. The molecule has 128 valence electrons. The number of amides is 1. The van der Waals surface area contributed by atoms with E-state index in [-0.39, 0.29) is 16.5 Å². The normalized spacial score (nSPS) is 11.2. The number of rotatable bonds is 5. The quantitative estimate of drug-likeness (QED) is 0.901. The van der Waals surface area contributed by atoms with Gasteiger partial charge in [0.2, 0.25) is 0 Å². The molecule has 0 unspecified atom stereocenters. The maximum absolute atomic E-state index is 13.6. The van der Waals surface area contributed by atoms with E-state index in [1.807, 2.05) is 6.92 Å². The molecular weight excluding hydrogens is 331 g/mol. The van der Waals surface area contributed by atoms with Crippen LogP contribution in [0.2, 0.25) is 0 Å². The summed E-state index contributed by atoms with van der Waals surface area (Å²) in [6.45, 7) is 3.94. The highest BCUT2D eigenvalue weighted by molar-refractivity contribution is 7.92. The van der Waals surface area contributed by atoms with Gasteiger partial charge in [0.05, 0.1) is 4.90 Å². The Morgan fingerprint density at radius 1 is 1.21 bits per heavy atom. The van der Waals surface area contributed by atoms with Crippen molar-refractivity contribution >= 4 is 21.6 Å². The van der Waals surface area contributed by atoms with Gasteiger partial charge >= 0.3 is 0 Å². The molecule has 5 nitrogen and oxygen atoms in total. The largest absolute Gasteiger partial charge is 0.342 e. The van der Waals surface area contributed by atoms with E-state index in [4.69, 9.17) is 0 Å². The topological polar surface area (TPSA) is 66.5 Å². The average Bonchev–Trinajstić information content (AvgIpc) is 2.55. The van der Waals surface area contributed by atoms with Crippen molar-refractivity contribution in [3.63, 3.8) is 0 Å². The maximum Gasteiger partial charge on any atom is 0.261 e. The summed E-state index contributed by atoms with van der Waals surface area (Å²) in [5.41, 5.74) is 0.977. The third-order valence-electron chi connectivity index (χ3n) is 3.64. The number of carbonyl (C=O) groups excluding carboxylic acids is 1. The summed E-state index contributed by atoms with van der Waals surface area (Å²) in [5, 5.41) is 0. The molecule has 0 aromatic heterocycles. The molecule has 2 aromatic carbocycles. The highest BCUT2D eigenvalue weighted by Gasteiger charge is 2.17. The molecule has 0 atom stereocenters. The monoisotopic (exact) mass is 350 g/mol. The third kappa shape index (κ3) is 3.91. The minimum absolute atomic E-state index is 0.173. The van der Waals surface area contributed by atoms with Gasteiger partial charge in [0, 0.05) is 24.8 Å². The van der Waals surface area contributed by atoms with Crippen molar-refractivity contribution < 1.29 is 17.6 Å². The zero-order chi connectivity index (χ0) is 17.9. The van der Waals surface area contributed by atoms with Crippen LogP contribution in [0.3, 0.4) is 0 Å². The highest BCUT2D eigenvalue weighted by atomic mass is 32.2. The fourth-order valence-electron chi connectivity index (χ4n) is 2.03. The molecule has 2 aromatic rings. The second-order valence-corrected chi connectivity index (χ2v) is 7.10. The number of hydrogen-bond acceptors (Lipinski definition) is 3. The van der Waals surface area contributed by atoms with E-state index in [0.717, 1.165) is 6.07 Å². The van der Waals surface area contributed by atoms with Gasteiger partial charge in [-0.05, 0) is 49.7 Å². The van der Waals surface area contributed by atoms with Gasteiger partial charge in [0.15, 0.2) is 0 Å². The van der Waals surface area contributed by atoms with Crippen molar-refractivity contribution in [2.75, 3.05) is 18.3 Å². The Bertz CT molecular complexity index is 866. The van der Waals surface area contributed by atoms with Gasteiger partial charge in [-0.3, -0.25) is 9.52 Å². The van der Waals surface area contributed by atoms with Gasteiger partial charge in [-0.15, -0.1) is 0 Å². The van der Waals surface area contributed by atoms with Gasteiger partial charge < -0.3 is 4.90 Å². The summed E-state index contributed by atoms with van der Waals surface area (Å²) >= 11 is 0. The fourth-order valence-corrected chi connectivity index (χ4v) is 3.10. The van der Waals surface area contributed by atoms with E-state index in [1.54, 1.807) is 26.1 Å². The zero-order valence-corrected chi connectivity index (χ0v) is 14.5. The molecular formula is C17H19FN2O3S. The molecule has 7 heteroatoms. The van der Waals surface area contributed by atoms with Gasteiger partial charge in [0.1, 0.15) is 5.82 Å². The average molecular weight is 350 g/mol. The van der Waals surface area contributed by atoms with Crippen molar-refractivity contribution in [1.82, 2.24) is 4.90 Å². The fraction of sp³-hybridized carbons (Fsp3) is 0.235. The van der Waals surface area contributed by atoms with Gasteiger partial charge in [0.25, 0.3) is 15.9 Å². The van der Waals surface area contributed by atoms with Crippen LogP contribution in [0.5, 0.6) is 0 Å². The van der Waals surface area contributed by atoms with Crippen molar-refractivity contribution in [3.05, 3.63) is 59.4 Å². The first-order valence-electron chi connectivity index (χ1n) is 7.39. The van der Waals surface area contributed by atoms with Crippen LogP contribution in [-0.4, -0.2) is 32.8 Å². The van der Waals surface area contributed by atoms with Crippen LogP contribution in [0.1, 0.15) is 22.8 Å². The standard InChI is InChI=1S/C17H19FN2O3S/c1-4-20(3)17(21)13-6-5-7-14(10-13)19-24(22,23)15-9-8-12(2)16(18)11-15/h5-11,19H,4H2,1-3H3. The lowest BCUT2D eigenvalue weighted by Crippen LogP contribution is -2.26. The minimum Gasteiger partial charge on any atom is -0.342 e. The van der Waals surface area contributed by atoms with Crippen LogP contribution in [0, 0.1) is 12.7 Å². The Balaban J connectivity index is 2.30. The number of anilines is 1. The molecule has 0 heterocycles. The Hall–Kier alpha value is -2.41. The molecule has 0 fully saturated rings. The van der Waals surface area contributed by atoms with Crippen molar-refractivity contribution in [2.24, 2.45) is 0 Å². The maximum atomic E-state index is 13.6. The lowest BCUT2D eigenvalue weighted by atomic mass is 10.2. The number of aryl methyl sites for hydroxylation is 1. The van der Waals surface area contributed by atoms with Crippen LogP contribution in [-0.2, 0) is 10.0 Å². The second kappa shape index (κ2) is 7.00. The predicted molar refractivity (Wildman–Crippen MR) is 91.0 cm³/mol. The van der Waals surface area contributed by atoms with Crippen LogP contribution < -0.4 is 4.72 Å². The van der Waals surface area contributed by atoms with E-state index in [0.29, 0.717) is 17.7 Å². The van der Waals surface area contributed by atoms with Crippen LogP contribution in [0.4, 0.5) is 10.1 Å². The van der Waals surface area contributed by atoms with Gasteiger partial charge in [-0.2, -0.15) is 0 Å². The summed E-state index contributed by atoms with van der Waals surface area (Å²) in [4.78, 5) is 13.5. The molecule has 0 aliphatic heterocycles. The zero-order valence-electron chi connectivity index (χ0n) is 13.7. The third-order valence-corrected chi connectivity index (χ3v) is 5.02. The molecule has 24 heavy (non-hydrogen) atoms. The SMILES string of the molecule is CCN(C)C(=O)c1cccc(NS(=O)(=O)c2ccc(C)c(F)c2)c1. The molecule has 0 radical (unpaired) electrons. The molecule has 1 amide bonds. The summed E-state index contributed by atoms with van der Waals surface area (Å²) in [7, 11) is -2.27. The van der Waals surface area contributed by atoms with E-state index >= 15 is 0 Å². The minimum atomic E-state index is -3.94. The highest BCUT2D eigenvalue weighted by Crippen LogP contribution is 2.19. The predicted octanol–water partition coefficient (Wildman–Crippen LogP) is 3.03. The van der Waals surface area contributed by atoms with E-state index in [9.17, 15) is 17.6 Å². The Kier molecular flexibility index (Phi) is 5.23. The smallest absolute Gasteiger partial charge is 0.261 e. The molecule has 1 N–H and O–H groups in total. The molecule has 0 saturated carbocycles. The van der Waals surface area contributed by atoms with Crippen molar-refractivity contribution in [3.8, 4) is 0 Å². The lowest BCUT2D eigenvalue weighted by Gasteiger charge is -2.15. The van der Waals surface area contributed by atoms with Crippen molar-refractivity contribution in [1.29, 1.82) is 0 Å². The van der Waals surface area contributed by atoms with Crippen LogP contribution in [0.15, 0.2) is 47.4 Å². The Labute approximate surface area is 141 Å². The Morgan fingerprint density at radius 2 is 1.92 bits per heavy atom. The van der Waals surface area contributed by atoms with Gasteiger partial charge in [-0.25, -0.2) is 12.8 Å². The second-order valence-electron chi connectivity index (χ2n) is 5.42. The Morgan fingerprint density at radius 3 is 2.54 bits per heavy atom. The number of carbonyl (C=O) groups is 1. The summed E-state index contributed by atoms with van der Waals surface area (Å²) in [5.74, 6) is -0.800. The molecule has 2 rings (SSSR count). The molecule has 0 aliphatic carbocycles. The van der Waals surface area contributed by atoms with Crippen molar-refractivity contribution in [2.45, 2.75) is 18.7 Å². The van der Waals surface area contributed by atoms with E-state index < -0.39 is 15.8 Å². The lowest BCUT2D eigenvalue weighted by molar-refractivity contribution is 0.0802. The van der Waals surface area contributed by atoms with Gasteiger partial charge in [-0.1, -0.05) is 12.1 Å². The molecule has 0 aliphatic rings. The summed E-state index contributed by atoms with van der Waals surface area (Å²) < 4.78 is 40.7.